The van der Waals surface area contributed by atoms with Crippen molar-refractivity contribution in [3.63, 3.8) is 0 Å². The van der Waals surface area contributed by atoms with E-state index in [9.17, 15) is 9.59 Å². The molecule has 0 aliphatic rings. The highest BCUT2D eigenvalue weighted by molar-refractivity contribution is 5.79. The fourth-order valence-electron chi connectivity index (χ4n) is 1.52. The fourth-order valence-corrected chi connectivity index (χ4v) is 1.52. The lowest BCUT2D eigenvalue weighted by atomic mass is 10.1. The zero-order valence-electron chi connectivity index (χ0n) is 12.6. The molecule has 0 aromatic rings. The molecule has 6 heteroatoms. The van der Waals surface area contributed by atoms with E-state index in [1.54, 1.807) is 27.9 Å². The first kappa shape index (κ1) is 17.7. The number of carboxylic acids is 1. The van der Waals surface area contributed by atoms with Crippen LogP contribution in [0.5, 0.6) is 0 Å². The van der Waals surface area contributed by atoms with Gasteiger partial charge >= 0.3 is 12.1 Å². The van der Waals surface area contributed by atoms with Crippen LogP contribution in [0, 0.1) is 5.92 Å². The minimum absolute atomic E-state index is 0.0271. The van der Waals surface area contributed by atoms with E-state index in [0.29, 0.717) is 6.61 Å². The Bertz CT molecular complexity index is 311. The molecule has 0 heterocycles. The number of amides is 1. The molecule has 2 atom stereocenters. The summed E-state index contributed by atoms with van der Waals surface area (Å²) in [6.07, 6.45) is -0.620. The maximum Gasteiger partial charge on any atom is 0.411 e. The molecule has 19 heavy (non-hydrogen) atoms. The smallest absolute Gasteiger partial charge is 0.411 e. The van der Waals surface area contributed by atoms with E-state index < -0.39 is 23.7 Å². The molecular weight excluding hydrogens is 250 g/mol. The zero-order valence-corrected chi connectivity index (χ0v) is 12.6. The van der Waals surface area contributed by atoms with Crippen LogP contribution in [-0.2, 0) is 14.3 Å². The molecule has 0 spiro atoms. The van der Waals surface area contributed by atoms with Crippen molar-refractivity contribution in [2.45, 2.75) is 46.3 Å². The van der Waals surface area contributed by atoms with Crippen LogP contribution in [0.25, 0.3) is 0 Å². The summed E-state index contributed by atoms with van der Waals surface area (Å²) in [4.78, 5) is 24.3. The molecule has 112 valence electrons. The standard InChI is InChI=1S/C13H25NO5/c1-9(8-18-6)7-14(10(2)11(15)16)12(17)19-13(3,4)5/h9-10H,7-8H2,1-6H3,(H,15,16)/t9?,10-/m0/s1. The van der Waals surface area contributed by atoms with Crippen LogP contribution >= 0.6 is 0 Å². The third-order valence-electron chi connectivity index (χ3n) is 2.41. The Morgan fingerprint density at radius 3 is 2.16 bits per heavy atom. The third-order valence-corrected chi connectivity index (χ3v) is 2.41. The number of carboxylic acid groups (broad SMARTS) is 1. The fraction of sp³-hybridized carbons (Fsp3) is 0.846. The number of carbonyl (C=O) groups excluding carboxylic acids is 1. The van der Waals surface area contributed by atoms with Crippen molar-refractivity contribution in [2.75, 3.05) is 20.3 Å². The van der Waals surface area contributed by atoms with Gasteiger partial charge in [0.15, 0.2) is 0 Å². The van der Waals surface area contributed by atoms with Crippen LogP contribution in [0.3, 0.4) is 0 Å². The second-order valence-electron chi connectivity index (χ2n) is 5.71. The molecule has 0 aromatic carbocycles. The third kappa shape index (κ3) is 7.00. The van der Waals surface area contributed by atoms with Crippen molar-refractivity contribution in [1.82, 2.24) is 4.90 Å². The molecule has 0 aromatic heterocycles. The van der Waals surface area contributed by atoms with Crippen LogP contribution in [0.1, 0.15) is 34.6 Å². The monoisotopic (exact) mass is 275 g/mol. The SMILES string of the molecule is COCC(C)CN(C(=O)OC(C)(C)C)[C@@H](C)C(=O)O. The molecule has 0 aliphatic heterocycles. The van der Waals surface area contributed by atoms with Crippen molar-refractivity contribution in [3.05, 3.63) is 0 Å². The van der Waals surface area contributed by atoms with Crippen molar-refractivity contribution in [1.29, 1.82) is 0 Å². The highest BCUT2D eigenvalue weighted by atomic mass is 16.6. The van der Waals surface area contributed by atoms with Gasteiger partial charge in [-0.05, 0) is 33.6 Å². The number of aliphatic carboxylic acids is 1. The maximum absolute atomic E-state index is 12.0. The molecule has 0 saturated carbocycles. The molecule has 1 amide bonds. The van der Waals surface area contributed by atoms with Crippen LogP contribution in [-0.4, -0.2) is 54.0 Å². The molecule has 6 nitrogen and oxygen atoms in total. The van der Waals surface area contributed by atoms with Gasteiger partial charge in [-0.1, -0.05) is 6.92 Å². The predicted octanol–water partition coefficient (Wildman–Crippen LogP) is 1.98. The second-order valence-corrected chi connectivity index (χ2v) is 5.71. The van der Waals surface area contributed by atoms with Gasteiger partial charge in [0.1, 0.15) is 11.6 Å². The van der Waals surface area contributed by atoms with Gasteiger partial charge in [0.2, 0.25) is 0 Å². The summed E-state index contributed by atoms with van der Waals surface area (Å²) in [5.41, 5.74) is -0.655. The summed E-state index contributed by atoms with van der Waals surface area (Å²) < 4.78 is 10.2. The van der Waals surface area contributed by atoms with Gasteiger partial charge in [-0.3, -0.25) is 4.90 Å². The van der Waals surface area contributed by atoms with E-state index in [-0.39, 0.29) is 12.5 Å². The molecule has 0 fully saturated rings. The highest BCUT2D eigenvalue weighted by Gasteiger charge is 2.30. The maximum atomic E-state index is 12.0. The topological polar surface area (TPSA) is 76.1 Å². The van der Waals surface area contributed by atoms with Crippen molar-refractivity contribution in [2.24, 2.45) is 5.92 Å². The lowest BCUT2D eigenvalue weighted by molar-refractivity contribution is -0.142. The Hall–Kier alpha value is -1.30. The highest BCUT2D eigenvalue weighted by Crippen LogP contribution is 2.14. The molecular formula is C13H25NO5. The summed E-state index contributed by atoms with van der Waals surface area (Å²) >= 11 is 0. The van der Waals surface area contributed by atoms with Gasteiger partial charge in [-0.2, -0.15) is 0 Å². The summed E-state index contributed by atoms with van der Waals surface area (Å²) in [7, 11) is 1.56. The van der Waals surface area contributed by atoms with E-state index in [1.165, 1.54) is 11.8 Å². The zero-order chi connectivity index (χ0) is 15.2. The quantitative estimate of drug-likeness (QED) is 0.802. The van der Waals surface area contributed by atoms with Gasteiger partial charge in [0.05, 0.1) is 6.61 Å². The number of hydrogen-bond donors (Lipinski definition) is 1. The summed E-state index contributed by atoms with van der Waals surface area (Å²) in [5.74, 6) is -1.03. The lowest BCUT2D eigenvalue weighted by Gasteiger charge is -2.31. The Balaban J connectivity index is 4.85. The predicted molar refractivity (Wildman–Crippen MR) is 71.1 cm³/mol. The Morgan fingerprint density at radius 1 is 1.26 bits per heavy atom. The number of hydrogen-bond acceptors (Lipinski definition) is 4. The minimum Gasteiger partial charge on any atom is -0.480 e. The Labute approximate surface area is 114 Å². The molecule has 1 unspecified atom stereocenters. The van der Waals surface area contributed by atoms with Crippen molar-refractivity contribution >= 4 is 12.1 Å². The van der Waals surface area contributed by atoms with Gasteiger partial charge in [0.25, 0.3) is 0 Å². The van der Waals surface area contributed by atoms with E-state index in [1.807, 2.05) is 6.92 Å². The average Bonchev–Trinajstić information content (AvgIpc) is 2.22. The first-order valence-electron chi connectivity index (χ1n) is 6.29. The van der Waals surface area contributed by atoms with Gasteiger partial charge in [0, 0.05) is 13.7 Å². The average molecular weight is 275 g/mol. The summed E-state index contributed by atoms with van der Waals surface area (Å²) in [6, 6.07) is -0.936. The van der Waals surface area contributed by atoms with Gasteiger partial charge in [-0.25, -0.2) is 9.59 Å². The first-order valence-corrected chi connectivity index (χ1v) is 6.29. The molecule has 0 rings (SSSR count). The Morgan fingerprint density at radius 2 is 1.79 bits per heavy atom. The van der Waals surface area contributed by atoms with E-state index >= 15 is 0 Å². The van der Waals surface area contributed by atoms with Crippen molar-refractivity contribution < 1.29 is 24.2 Å². The van der Waals surface area contributed by atoms with Crippen LogP contribution in [0.4, 0.5) is 4.79 Å². The first-order chi connectivity index (χ1) is 8.58. The number of rotatable bonds is 6. The van der Waals surface area contributed by atoms with Crippen molar-refractivity contribution in [3.8, 4) is 0 Å². The molecule has 0 saturated heterocycles. The molecule has 0 bridgehead atoms. The largest absolute Gasteiger partial charge is 0.480 e. The second kappa shape index (κ2) is 7.33. The van der Waals surface area contributed by atoms with Crippen LogP contribution in [0.15, 0.2) is 0 Å². The number of methoxy groups -OCH3 is 1. The van der Waals surface area contributed by atoms with E-state index in [4.69, 9.17) is 14.6 Å². The van der Waals surface area contributed by atoms with Crippen LogP contribution in [0.2, 0.25) is 0 Å². The summed E-state index contributed by atoms with van der Waals surface area (Å²) in [5, 5.41) is 9.06. The Kier molecular flexibility index (Phi) is 6.83. The van der Waals surface area contributed by atoms with E-state index in [2.05, 4.69) is 0 Å². The number of carbonyl (C=O) groups is 2. The van der Waals surface area contributed by atoms with Crippen LogP contribution < -0.4 is 0 Å². The molecule has 1 N–H and O–H groups in total. The van der Waals surface area contributed by atoms with Gasteiger partial charge in [-0.15, -0.1) is 0 Å². The normalized spacial score (nSPS) is 14.6. The number of nitrogens with zero attached hydrogens (tertiary/aromatic N) is 1. The summed E-state index contributed by atoms with van der Waals surface area (Å²) in [6.45, 7) is 9.30. The number of ether oxygens (including phenoxy) is 2. The lowest BCUT2D eigenvalue weighted by Crippen LogP contribution is -2.47. The van der Waals surface area contributed by atoms with E-state index in [0.717, 1.165) is 0 Å². The minimum atomic E-state index is -1.06. The molecule has 0 radical (unpaired) electrons. The molecule has 0 aliphatic carbocycles. The van der Waals surface area contributed by atoms with Gasteiger partial charge < -0.3 is 14.6 Å².